The largest absolute Gasteiger partial charge is 0.282 e. The lowest BCUT2D eigenvalue weighted by Crippen LogP contribution is -2.02. The zero-order chi connectivity index (χ0) is 9.54. The second-order valence-corrected chi connectivity index (χ2v) is 4.48. The Morgan fingerprint density at radius 2 is 2.14 bits per heavy atom. The fourth-order valence-corrected chi connectivity index (χ4v) is 2.44. The number of H-pyrrole nitrogens is 1. The summed E-state index contributed by atoms with van der Waals surface area (Å²) in [5.41, 5.74) is 5.26. The molecule has 14 heavy (non-hydrogen) atoms. The first-order valence-corrected chi connectivity index (χ1v) is 5.45. The van der Waals surface area contributed by atoms with E-state index in [9.17, 15) is 0 Å². The average Bonchev–Trinajstić information content (AvgIpc) is 2.65. The number of aromatic amines is 1. The highest BCUT2D eigenvalue weighted by atomic mass is 79.9. The maximum Gasteiger partial charge on any atom is 0.0568 e. The summed E-state index contributed by atoms with van der Waals surface area (Å²) >= 11 is 3.50. The van der Waals surface area contributed by atoms with E-state index in [4.69, 9.17) is 0 Å². The van der Waals surface area contributed by atoms with Crippen LogP contribution in [0.15, 0.2) is 28.9 Å². The highest BCUT2D eigenvalue weighted by molar-refractivity contribution is 9.10. The lowest BCUT2D eigenvalue weighted by atomic mass is 9.90. The van der Waals surface area contributed by atoms with Crippen molar-refractivity contribution in [2.75, 3.05) is 0 Å². The molecule has 0 unspecified atom stereocenters. The topological polar surface area (TPSA) is 28.7 Å². The molecular formula is C11H9BrN2. The van der Waals surface area contributed by atoms with Gasteiger partial charge in [-0.2, -0.15) is 5.10 Å². The Bertz CT molecular complexity index is 488. The SMILES string of the molecule is Brc1ccc2c(c1)CCc1[nH]ncc1-2. The predicted octanol–water partition coefficient (Wildman–Crippen LogP) is 2.94. The molecule has 1 aliphatic rings. The van der Waals surface area contributed by atoms with Gasteiger partial charge in [-0.05, 0) is 36.1 Å². The molecule has 0 saturated carbocycles. The summed E-state index contributed by atoms with van der Waals surface area (Å²) in [5.74, 6) is 0. The second kappa shape index (κ2) is 2.95. The number of halogens is 1. The van der Waals surface area contributed by atoms with E-state index in [1.165, 1.54) is 22.4 Å². The van der Waals surface area contributed by atoms with Gasteiger partial charge in [0.25, 0.3) is 0 Å². The van der Waals surface area contributed by atoms with Gasteiger partial charge in [0.05, 0.1) is 6.20 Å². The number of hydrogen-bond acceptors (Lipinski definition) is 1. The number of fused-ring (bicyclic) bond motifs is 3. The molecule has 3 rings (SSSR count). The van der Waals surface area contributed by atoms with E-state index in [2.05, 4.69) is 44.3 Å². The van der Waals surface area contributed by atoms with Gasteiger partial charge in [0.2, 0.25) is 0 Å². The van der Waals surface area contributed by atoms with Gasteiger partial charge in [0.15, 0.2) is 0 Å². The van der Waals surface area contributed by atoms with Gasteiger partial charge < -0.3 is 0 Å². The molecule has 3 heteroatoms. The first-order valence-electron chi connectivity index (χ1n) is 4.65. The van der Waals surface area contributed by atoms with E-state index >= 15 is 0 Å². The van der Waals surface area contributed by atoms with Crippen LogP contribution in [-0.4, -0.2) is 10.2 Å². The van der Waals surface area contributed by atoms with Crippen molar-refractivity contribution in [1.82, 2.24) is 10.2 Å². The monoisotopic (exact) mass is 248 g/mol. The van der Waals surface area contributed by atoms with E-state index in [1.54, 1.807) is 0 Å². The Morgan fingerprint density at radius 1 is 1.21 bits per heavy atom. The summed E-state index contributed by atoms with van der Waals surface area (Å²) < 4.78 is 1.16. The van der Waals surface area contributed by atoms with Gasteiger partial charge >= 0.3 is 0 Å². The van der Waals surface area contributed by atoms with Crippen molar-refractivity contribution in [1.29, 1.82) is 0 Å². The molecule has 2 aromatic rings. The van der Waals surface area contributed by atoms with E-state index in [-0.39, 0.29) is 0 Å². The number of nitrogens with one attached hydrogen (secondary N) is 1. The molecule has 0 radical (unpaired) electrons. The van der Waals surface area contributed by atoms with Crippen LogP contribution >= 0.6 is 15.9 Å². The molecule has 1 aliphatic carbocycles. The van der Waals surface area contributed by atoms with Crippen molar-refractivity contribution in [2.24, 2.45) is 0 Å². The van der Waals surface area contributed by atoms with Gasteiger partial charge in [0, 0.05) is 15.7 Å². The van der Waals surface area contributed by atoms with Crippen LogP contribution in [0.5, 0.6) is 0 Å². The minimum absolute atomic E-state index is 1.07. The summed E-state index contributed by atoms with van der Waals surface area (Å²) in [7, 11) is 0. The quantitative estimate of drug-likeness (QED) is 0.764. The van der Waals surface area contributed by atoms with Gasteiger partial charge in [-0.15, -0.1) is 0 Å². The molecule has 2 nitrogen and oxygen atoms in total. The second-order valence-electron chi connectivity index (χ2n) is 3.56. The van der Waals surface area contributed by atoms with Gasteiger partial charge in [-0.1, -0.05) is 22.0 Å². The fraction of sp³-hybridized carbons (Fsp3) is 0.182. The summed E-state index contributed by atoms with van der Waals surface area (Å²) in [6, 6.07) is 6.44. The molecule has 0 bridgehead atoms. The molecule has 70 valence electrons. The predicted molar refractivity (Wildman–Crippen MR) is 59.1 cm³/mol. The van der Waals surface area contributed by atoms with Crippen molar-refractivity contribution >= 4 is 15.9 Å². The van der Waals surface area contributed by atoms with Crippen molar-refractivity contribution in [2.45, 2.75) is 12.8 Å². The summed E-state index contributed by atoms with van der Waals surface area (Å²) in [4.78, 5) is 0. The van der Waals surface area contributed by atoms with Crippen molar-refractivity contribution in [3.8, 4) is 11.1 Å². The molecular weight excluding hydrogens is 240 g/mol. The Kier molecular flexibility index (Phi) is 1.74. The van der Waals surface area contributed by atoms with E-state index in [0.717, 1.165) is 17.3 Å². The lowest BCUT2D eigenvalue weighted by molar-refractivity contribution is 0.881. The van der Waals surface area contributed by atoms with Crippen molar-refractivity contribution < 1.29 is 0 Å². The molecule has 0 amide bonds. The molecule has 1 N–H and O–H groups in total. The molecule has 1 heterocycles. The normalized spacial score (nSPS) is 13.5. The zero-order valence-electron chi connectivity index (χ0n) is 7.55. The van der Waals surface area contributed by atoms with Crippen molar-refractivity contribution in [3.05, 3.63) is 40.1 Å². The van der Waals surface area contributed by atoms with Crippen LogP contribution in [0.4, 0.5) is 0 Å². The highest BCUT2D eigenvalue weighted by Crippen LogP contribution is 2.33. The Balaban J connectivity index is 2.26. The number of hydrogen-bond donors (Lipinski definition) is 1. The third-order valence-corrected chi connectivity index (χ3v) is 3.21. The lowest BCUT2D eigenvalue weighted by Gasteiger charge is -2.15. The average molecular weight is 249 g/mol. The van der Waals surface area contributed by atoms with Crippen LogP contribution in [0.25, 0.3) is 11.1 Å². The minimum atomic E-state index is 1.07. The Morgan fingerprint density at radius 3 is 3.07 bits per heavy atom. The summed E-state index contributed by atoms with van der Waals surface area (Å²) in [6.07, 6.45) is 4.09. The van der Waals surface area contributed by atoms with Crippen LogP contribution in [0.2, 0.25) is 0 Å². The minimum Gasteiger partial charge on any atom is -0.282 e. The van der Waals surface area contributed by atoms with Crippen molar-refractivity contribution in [3.63, 3.8) is 0 Å². The van der Waals surface area contributed by atoms with Gasteiger partial charge in [-0.25, -0.2) is 0 Å². The smallest absolute Gasteiger partial charge is 0.0568 e. The standard InChI is InChI=1S/C11H9BrN2/c12-8-2-3-9-7(5-8)1-4-11-10(9)6-13-14-11/h2-3,5-6H,1,4H2,(H,13,14). The Hall–Kier alpha value is -1.09. The Labute approximate surface area is 90.5 Å². The van der Waals surface area contributed by atoms with Crippen LogP contribution in [0.3, 0.4) is 0 Å². The molecule has 0 fully saturated rings. The van der Waals surface area contributed by atoms with E-state index in [1.807, 2.05) is 6.20 Å². The molecule has 0 spiro atoms. The number of nitrogens with zero attached hydrogens (tertiary/aromatic N) is 1. The van der Waals surface area contributed by atoms with Crippen LogP contribution in [-0.2, 0) is 12.8 Å². The number of aryl methyl sites for hydroxylation is 2. The number of benzene rings is 1. The van der Waals surface area contributed by atoms with Crippen LogP contribution in [0.1, 0.15) is 11.3 Å². The summed E-state index contributed by atoms with van der Waals surface area (Å²) in [5, 5.41) is 7.14. The third-order valence-electron chi connectivity index (χ3n) is 2.72. The zero-order valence-corrected chi connectivity index (χ0v) is 9.13. The summed E-state index contributed by atoms with van der Waals surface area (Å²) in [6.45, 7) is 0. The van der Waals surface area contributed by atoms with E-state index in [0.29, 0.717) is 0 Å². The van der Waals surface area contributed by atoms with E-state index < -0.39 is 0 Å². The third kappa shape index (κ3) is 1.12. The molecule has 0 saturated heterocycles. The van der Waals surface area contributed by atoms with Gasteiger partial charge in [-0.3, -0.25) is 5.10 Å². The maximum absolute atomic E-state index is 4.09. The highest BCUT2D eigenvalue weighted by Gasteiger charge is 2.17. The number of aromatic nitrogens is 2. The maximum atomic E-state index is 4.09. The first kappa shape index (κ1) is 8.24. The molecule has 1 aromatic heterocycles. The van der Waals surface area contributed by atoms with Crippen LogP contribution < -0.4 is 0 Å². The van der Waals surface area contributed by atoms with Crippen LogP contribution in [0, 0.1) is 0 Å². The number of rotatable bonds is 0. The first-order chi connectivity index (χ1) is 6.84. The molecule has 0 atom stereocenters. The van der Waals surface area contributed by atoms with Gasteiger partial charge in [0.1, 0.15) is 0 Å². The molecule has 1 aromatic carbocycles. The fourth-order valence-electron chi connectivity index (χ4n) is 2.03. The molecule has 0 aliphatic heterocycles.